The van der Waals surface area contributed by atoms with Crippen LogP contribution in [-0.2, 0) is 6.42 Å². The molecule has 3 aromatic rings. The van der Waals surface area contributed by atoms with Gasteiger partial charge in [0.1, 0.15) is 11.8 Å². The number of nitriles is 1. The highest BCUT2D eigenvalue weighted by molar-refractivity contribution is 7.15. The van der Waals surface area contributed by atoms with Crippen molar-refractivity contribution in [3.8, 4) is 16.6 Å². The van der Waals surface area contributed by atoms with Crippen LogP contribution in [0.3, 0.4) is 0 Å². The highest BCUT2D eigenvalue weighted by Gasteiger charge is 2.08. The van der Waals surface area contributed by atoms with Gasteiger partial charge in [0.15, 0.2) is 0 Å². The van der Waals surface area contributed by atoms with Crippen LogP contribution in [0.15, 0.2) is 48.5 Å². The van der Waals surface area contributed by atoms with Crippen LogP contribution in [0.2, 0.25) is 5.02 Å². The summed E-state index contributed by atoms with van der Waals surface area (Å²) in [4.78, 5) is 6.63. The Labute approximate surface area is 138 Å². The summed E-state index contributed by atoms with van der Waals surface area (Å²) in [6.45, 7) is 2.07. The van der Waals surface area contributed by atoms with E-state index in [2.05, 4.69) is 30.1 Å². The Morgan fingerprint density at radius 3 is 2.86 bits per heavy atom. The molecular formula is C18H13ClN2S. The second kappa shape index (κ2) is 6.31. The number of halogens is 1. The predicted molar refractivity (Wildman–Crippen MR) is 91.3 cm³/mol. The van der Waals surface area contributed by atoms with Crippen LogP contribution < -0.4 is 0 Å². The third-order valence-corrected chi connectivity index (χ3v) is 4.82. The maximum atomic E-state index is 8.94. The molecule has 108 valence electrons. The van der Waals surface area contributed by atoms with Gasteiger partial charge in [0.25, 0.3) is 0 Å². The predicted octanol–water partition coefficient (Wildman–Crippen LogP) is 5.23. The van der Waals surface area contributed by atoms with E-state index in [4.69, 9.17) is 16.9 Å². The molecular weight excluding hydrogens is 312 g/mol. The molecule has 0 saturated carbocycles. The van der Waals surface area contributed by atoms with Crippen molar-refractivity contribution in [3.05, 3.63) is 75.3 Å². The second-order valence-electron chi connectivity index (χ2n) is 5.06. The third-order valence-electron chi connectivity index (χ3n) is 3.34. The smallest absolute Gasteiger partial charge is 0.141 e. The van der Waals surface area contributed by atoms with E-state index >= 15 is 0 Å². The minimum atomic E-state index is 0.439. The summed E-state index contributed by atoms with van der Waals surface area (Å²) in [6, 6.07) is 17.8. The molecule has 0 aliphatic rings. The third kappa shape index (κ3) is 3.19. The maximum Gasteiger partial charge on any atom is 0.141 e. The van der Waals surface area contributed by atoms with Gasteiger partial charge in [-0.05, 0) is 42.8 Å². The van der Waals surface area contributed by atoms with Gasteiger partial charge in [0.05, 0.1) is 10.6 Å². The zero-order valence-corrected chi connectivity index (χ0v) is 13.6. The molecule has 2 heterocycles. The van der Waals surface area contributed by atoms with Gasteiger partial charge in [-0.2, -0.15) is 5.26 Å². The molecule has 0 aliphatic carbocycles. The summed E-state index contributed by atoms with van der Waals surface area (Å²) < 4.78 is 0. The number of aromatic nitrogens is 1. The number of nitrogens with zero attached hydrogens (tertiary/aromatic N) is 2. The normalized spacial score (nSPS) is 10.4. The second-order valence-corrected chi connectivity index (χ2v) is 6.63. The van der Waals surface area contributed by atoms with E-state index in [0.29, 0.717) is 5.69 Å². The van der Waals surface area contributed by atoms with Crippen LogP contribution >= 0.6 is 22.9 Å². The van der Waals surface area contributed by atoms with Crippen molar-refractivity contribution in [3.63, 3.8) is 0 Å². The molecule has 0 unspecified atom stereocenters. The van der Waals surface area contributed by atoms with E-state index in [1.54, 1.807) is 17.4 Å². The first-order chi connectivity index (χ1) is 10.7. The van der Waals surface area contributed by atoms with Crippen LogP contribution in [0.1, 0.15) is 21.7 Å². The average Bonchev–Trinajstić information content (AvgIpc) is 2.99. The van der Waals surface area contributed by atoms with Crippen molar-refractivity contribution in [2.75, 3.05) is 0 Å². The van der Waals surface area contributed by atoms with E-state index in [9.17, 15) is 0 Å². The standard InChI is InChI=1S/C18H13ClN2S/c1-12-5-7-16(19)13(9-12)10-15-6-8-18(22-15)17-4-2-3-14(11-20)21-17/h2-9H,10H2,1H3. The lowest BCUT2D eigenvalue weighted by molar-refractivity contribution is 1.22. The molecule has 0 bridgehead atoms. The van der Waals surface area contributed by atoms with Gasteiger partial charge in [-0.15, -0.1) is 11.3 Å². The summed E-state index contributed by atoms with van der Waals surface area (Å²) in [6.07, 6.45) is 0.809. The van der Waals surface area contributed by atoms with Gasteiger partial charge in [-0.3, -0.25) is 0 Å². The Morgan fingerprint density at radius 1 is 1.18 bits per heavy atom. The summed E-state index contributed by atoms with van der Waals surface area (Å²) >= 11 is 7.95. The number of aryl methyl sites for hydroxylation is 1. The molecule has 0 radical (unpaired) electrons. The zero-order chi connectivity index (χ0) is 15.5. The molecule has 2 aromatic heterocycles. The fourth-order valence-electron chi connectivity index (χ4n) is 2.27. The van der Waals surface area contributed by atoms with Crippen LogP contribution in [0.4, 0.5) is 0 Å². The minimum absolute atomic E-state index is 0.439. The summed E-state index contributed by atoms with van der Waals surface area (Å²) in [5, 5.41) is 9.74. The van der Waals surface area contributed by atoms with E-state index in [1.165, 1.54) is 10.4 Å². The monoisotopic (exact) mass is 324 g/mol. The summed E-state index contributed by atoms with van der Waals surface area (Å²) in [7, 11) is 0. The average molecular weight is 325 g/mol. The lowest BCUT2D eigenvalue weighted by atomic mass is 10.1. The van der Waals surface area contributed by atoms with E-state index in [0.717, 1.165) is 27.6 Å². The Morgan fingerprint density at radius 2 is 2.05 bits per heavy atom. The van der Waals surface area contributed by atoms with Crippen molar-refractivity contribution in [1.82, 2.24) is 4.98 Å². The molecule has 4 heteroatoms. The van der Waals surface area contributed by atoms with Gasteiger partial charge in [0.2, 0.25) is 0 Å². The first kappa shape index (κ1) is 14.8. The number of pyridine rings is 1. The van der Waals surface area contributed by atoms with Crippen LogP contribution in [0.5, 0.6) is 0 Å². The topological polar surface area (TPSA) is 36.7 Å². The van der Waals surface area contributed by atoms with Crippen molar-refractivity contribution in [2.45, 2.75) is 13.3 Å². The molecule has 0 saturated heterocycles. The highest BCUT2D eigenvalue weighted by Crippen LogP contribution is 2.30. The molecule has 3 rings (SSSR count). The molecule has 22 heavy (non-hydrogen) atoms. The first-order valence-corrected chi connectivity index (χ1v) is 8.06. The maximum absolute atomic E-state index is 8.94. The van der Waals surface area contributed by atoms with E-state index in [-0.39, 0.29) is 0 Å². The molecule has 0 amide bonds. The van der Waals surface area contributed by atoms with Gasteiger partial charge in [-0.1, -0.05) is 35.4 Å². The SMILES string of the molecule is Cc1ccc(Cl)c(Cc2ccc(-c3cccc(C#N)n3)s2)c1. The van der Waals surface area contributed by atoms with Crippen molar-refractivity contribution < 1.29 is 0 Å². The van der Waals surface area contributed by atoms with Crippen LogP contribution in [0, 0.1) is 18.3 Å². The fourth-order valence-corrected chi connectivity index (χ4v) is 3.46. The number of thiophene rings is 1. The molecule has 0 fully saturated rings. The number of rotatable bonds is 3. The quantitative estimate of drug-likeness (QED) is 0.661. The fraction of sp³-hybridized carbons (Fsp3) is 0.111. The van der Waals surface area contributed by atoms with Crippen LogP contribution in [0.25, 0.3) is 10.6 Å². The number of hydrogen-bond donors (Lipinski definition) is 0. The van der Waals surface area contributed by atoms with Gasteiger partial charge in [0, 0.05) is 16.3 Å². The van der Waals surface area contributed by atoms with Crippen molar-refractivity contribution >= 4 is 22.9 Å². The van der Waals surface area contributed by atoms with Gasteiger partial charge >= 0.3 is 0 Å². The van der Waals surface area contributed by atoms with Gasteiger partial charge < -0.3 is 0 Å². The highest BCUT2D eigenvalue weighted by atomic mass is 35.5. The first-order valence-electron chi connectivity index (χ1n) is 6.87. The number of hydrogen-bond acceptors (Lipinski definition) is 3. The Hall–Kier alpha value is -2.15. The Balaban J connectivity index is 1.88. The molecule has 2 nitrogen and oxygen atoms in total. The molecule has 0 aliphatic heterocycles. The number of benzene rings is 1. The lowest BCUT2D eigenvalue weighted by Crippen LogP contribution is -1.87. The molecule has 0 atom stereocenters. The molecule has 0 spiro atoms. The lowest BCUT2D eigenvalue weighted by Gasteiger charge is -2.04. The molecule has 1 aromatic carbocycles. The molecule has 0 N–H and O–H groups in total. The summed E-state index contributed by atoms with van der Waals surface area (Å²) in [5.41, 5.74) is 3.62. The summed E-state index contributed by atoms with van der Waals surface area (Å²) in [5.74, 6) is 0. The van der Waals surface area contributed by atoms with Crippen LogP contribution in [-0.4, -0.2) is 4.98 Å². The zero-order valence-electron chi connectivity index (χ0n) is 12.0. The largest absolute Gasteiger partial charge is 0.236 e. The minimum Gasteiger partial charge on any atom is -0.236 e. The van der Waals surface area contributed by atoms with E-state index < -0.39 is 0 Å². The Kier molecular flexibility index (Phi) is 4.24. The Bertz CT molecular complexity index is 862. The van der Waals surface area contributed by atoms with E-state index in [1.807, 2.05) is 30.3 Å². The van der Waals surface area contributed by atoms with Gasteiger partial charge in [-0.25, -0.2) is 4.98 Å². The van der Waals surface area contributed by atoms with Crippen molar-refractivity contribution in [1.29, 1.82) is 5.26 Å². The van der Waals surface area contributed by atoms with Crippen molar-refractivity contribution in [2.24, 2.45) is 0 Å².